The van der Waals surface area contributed by atoms with Crippen molar-refractivity contribution in [1.29, 1.82) is 5.26 Å². The smallest absolute Gasteiger partial charge is 0.262 e. The average Bonchev–Trinajstić information content (AvgIpc) is 2.84. The van der Waals surface area contributed by atoms with E-state index in [1.54, 1.807) is 6.07 Å². The fourth-order valence-electron chi connectivity index (χ4n) is 1.53. The first-order chi connectivity index (χ1) is 9.86. The van der Waals surface area contributed by atoms with E-state index in [1.807, 2.05) is 4.72 Å². The Morgan fingerprint density at radius 2 is 2.19 bits per heavy atom. The second-order valence-corrected chi connectivity index (χ2v) is 5.37. The van der Waals surface area contributed by atoms with Crippen molar-refractivity contribution in [3.63, 3.8) is 0 Å². The number of rotatable bonds is 4. The van der Waals surface area contributed by atoms with Gasteiger partial charge in [-0.2, -0.15) is 14.8 Å². The topological polar surface area (TPSA) is 142 Å². The summed E-state index contributed by atoms with van der Waals surface area (Å²) in [5.41, 5.74) is -1.29. The number of H-pyrrole nitrogens is 1. The molecule has 1 heterocycles. The predicted molar refractivity (Wildman–Crippen MR) is 67.2 cm³/mol. The second kappa shape index (κ2) is 5.17. The molecule has 11 heteroatoms. The number of benzene rings is 1. The van der Waals surface area contributed by atoms with Gasteiger partial charge >= 0.3 is 5.69 Å². The lowest BCUT2D eigenvalue weighted by Gasteiger charge is -2.07. The normalized spacial score (nSPS) is 10.9. The molecule has 0 saturated heterocycles. The van der Waals surface area contributed by atoms with E-state index in [9.17, 15) is 22.9 Å². The molecule has 2 rings (SSSR count). The van der Waals surface area contributed by atoms with Crippen molar-refractivity contribution >= 4 is 21.5 Å². The molecule has 108 valence electrons. The number of para-hydroxylation sites is 1. The number of hydrogen-bond donors (Lipinski definition) is 2. The van der Waals surface area contributed by atoms with E-state index in [0.717, 1.165) is 24.4 Å². The minimum atomic E-state index is -4.47. The zero-order valence-electron chi connectivity index (χ0n) is 10.1. The number of nitro groups is 1. The van der Waals surface area contributed by atoms with Crippen molar-refractivity contribution in [3.8, 4) is 6.07 Å². The van der Waals surface area contributed by atoms with Gasteiger partial charge in [0, 0.05) is 0 Å². The first-order valence-corrected chi connectivity index (χ1v) is 6.74. The van der Waals surface area contributed by atoms with Crippen LogP contribution in [0.15, 0.2) is 29.3 Å². The summed E-state index contributed by atoms with van der Waals surface area (Å²) in [7, 11) is -4.47. The van der Waals surface area contributed by atoms with E-state index < -0.39 is 31.3 Å². The van der Waals surface area contributed by atoms with Gasteiger partial charge in [0.25, 0.3) is 10.0 Å². The number of anilines is 1. The summed E-state index contributed by atoms with van der Waals surface area (Å²) in [6, 6.07) is 4.35. The van der Waals surface area contributed by atoms with E-state index in [1.165, 1.54) is 0 Å². The number of aromatic amines is 1. The Bertz CT molecular complexity index is 855. The molecule has 0 aliphatic rings. The van der Waals surface area contributed by atoms with Crippen molar-refractivity contribution < 1.29 is 17.7 Å². The monoisotopic (exact) mass is 311 g/mol. The highest BCUT2D eigenvalue weighted by atomic mass is 32.2. The molecule has 0 bridgehead atoms. The Labute approximate surface area is 117 Å². The molecule has 21 heavy (non-hydrogen) atoms. The van der Waals surface area contributed by atoms with Gasteiger partial charge in [0.05, 0.1) is 11.1 Å². The van der Waals surface area contributed by atoms with Crippen LogP contribution in [0.2, 0.25) is 0 Å². The first kappa shape index (κ1) is 14.4. The van der Waals surface area contributed by atoms with Gasteiger partial charge in [0.1, 0.15) is 11.6 Å². The Morgan fingerprint density at radius 1 is 1.48 bits per heavy atom. The number of sulfonamides is 1. The predicted octanol–water partition coefficient (Wildman–Crippen LogP) is 1.13. The van der Waals surface area contributed by atoms with E-state index in [-0.39, 0.29) is 11.4 Å². The number of nitrogens with one attached hydrogen (secondary N) is 2. The Kier molecular flexibility index (Phi) is 3.55. The van der Waals surface area contributed by atoms with Crippen LogP contribution < -0.4 is 4.72 Å². The largest absolute Gasteiger partial charge is 0.325 e. The number of aromatic nitrogens is 2. The summed E-state index contributed by atoms with van der Waals surface area (Å²) < 4.78 is 39.6. The summed E-state index contributed by atoms with van der Waals surface area (Å²) in [4.78, 5) is 8.82. The third-order valence-corrected chi connectivity index (χ3v) is 3.80. The number of nitro benzene ring substituents is 1. The Hall–Kier alpha value is -3.00. The van der Waals surface area contributed by atoms with Crippen LogP contribution in [-0.4, -0.2) is 23.5 Å². The van der Waals surface area contributed by atoms with Crippen LogP contribution in [0.3, 0.4) is 0 Å². The van der Waals surface area contributed by atoms with Gasteiger partial charge in [0.15, 0.2) is 10.7 Å². The summed E-state index contributed by atoms with van der Waals surface area (Å²) in [6.45, 7) is 0. The van der Waals surface area contributed by atoms with Crippen LogP contribution in [0.25, 0.3) is 0 Å². The molecule has 1 aromatic heterocycles. The maximum absolute atomic E-state index is 13.4. The average molecular weight is 311 g/mol. The molecule has 0 spiro atoms. The van der Waals surface area contributed by atoms with Crippen molar-refractivity contribution in [1.82, 2.24) is 10.2 Å². The highest BCUT2D eigenvalue weighted by molar-refractivity contribution is 7.92. The molecule has 0 amide bonds. The fraction of sp³-hybridized carbons (Fsp3) is 0. The summed E-state index contributed by atoms with van der Waals surface area (Å²) in [5, 5.41) is 25.2. The molecule has 9 nitrogen and oxygen atoms in total. The van der Waals surface area contributed by atoms with Gasteiger partial charge in [-0.15, -0.1) is 0 Å². The Balaban J connectivity index is 2.54. The molecule has 0 unspecified atom stereocenters. The molecule has 0 radical (unpaired) electrons. The molecule has 0 fully saturated rings. The van der Waals surface area contributed by atoms with Gasteiger partial charge in [-0.05, 0) is 12.1 Å². The van der Waals surface area contributed by atoms with E-state index in [0.29, 0.717) is 0 Å². The molecular formula is C10H6FN5O4S. The highest BCUT2D eigenvalue weighted by Gasteiger charge is 2.30. The van der Waals surface area contributed by atoms with Crippen molar-refractivity contribution in [2.45, 2.75) is 4.90 Å². The number of halogens is 1. The first-order valence-electron chi connectivity index (χ1n) is 5.26. The molecule has 2 N–H and O–H groups in total. The number of nitriles is 1. The lowest BCUT2D eigenvalue weighted by Crippen LogP contribution is -2.16. The molecule has 0 aliphatic heterocycles. The highest BCUT2D eigenvalue weighted by Crippen LogP contribution is 2.28. The van der Waals surface area contributed by atoms with Gasteiger partial charge in [-0.1, -0.05) is 6.07 Å². The Morgan fingerprint density at radius 3 is 2.81 bits per heavy atom. The van der Waals surface area contributed by atoms with Crippen LogP contribution in [0, 0.1) is 27.3 Å². The van der Waals surface area contributed by atoms with Crippen LogP contribution in [0.5, 0.6) is 0 Å². The van der Waals surface area contributed by atoms with Gasteiger partial charge in [-0.3, -0.25) is 19.9 Å². The van der Waals surface area contributed by atoms with Crippen LogP contribution >= 0.6 is 0 Å². The zero-order valence-corrected chi connectivity index (χ0v) is 10.9. The fourth-order valence-corrected chi connectivity index (χ4v) is 2.75. The van der Waals surface area contributed by atoms with Gasteiger partial charge in [0.2, 0.25) is 5.82 Å². The zero-order chi connectivity index (χ0) is 15.6. The minimum Gasteiger partial charge on any atom is -0.262 e. The van der Waals surface area contributed by atoms with Crippen molar-refractivity contribution in [3.05, 3.63) is 45.9 Å². The molecule has 1 aromatic carbocycles. The SMILES string of the molecule is N#Cc1cn[nH]c1NS(=O)(=O)c1cccc(F)c1[N+](=O)[O-]. The van der Waals surface area contributed by atoms with Crippen LogP contribution in [0.4, 0.5) is 15.9 Å². The lowest BCUT2D eigenvalue weighted by atomic mass is 10.3. The molecular weight excluding hydrogens is 305 g/mol. The van der Waals surface area contributed by atoms with Gasteiger partial charge < -0.3 is 0 Å². The van der Waals surface area contributed by atoms with Crippen LogP contribution in [-0.2, 0) is 10.0 Å². The van der Waals surface area contributed by atoms with Gasteiger partial charge in [-0.25, -0.2) is 8.42 Å². The molecule has 2 aromatic rings. The maximum Gasteiger partial charge on any atom is 0.325 e. The van der Waals surface area contributed by atoms with Crippen LogP contribution in [0.1, 0.15) is 5.56 Å². The minimum absolute atomic E-state index is 0.113. The van der Waals surface area contributed by atoms with E-state index in [2.05, 4.69) is 10.2 Å². The molecule has 0 atom stereocenters. The van der Waals surface area contributed by atoms with E-state index >= 15 is 0 Å². The maximum atomic E-state index is 13.4. The van der Waals surface area contributed by atoms with Crippen molar-refractivity contribution in [2.75, 3.05) is 4.72 Å². The quantitative estimate of drug-likeness (QED) is 0.640. The third-order valence-electron chi connectivity index (χ3n) is 2.42. The number of hydrogen-bond acceptors (Lipinski definition) is 6. The number of nitrogens with zero attached hydrogens (tertiary/aromatic N) is 3. The van der Waals surface area contributed by atoms with Crippen molar-refractivity contribution in [2.24, 2.45) is 0 Å². The summed E-state index contributed by atoms with van der Waals surface area (Å²) in [6.07, 6.45) is 1.07. The third kappa shape index (κ3) is 2.65. The molecule has 0 aliphatic carbocycles. The summed E-state index contributed by atoms with van der Waals surface area (Å²) >= 11 is 0. The van der Waals surface area contributed by atoms with E-state index in [4.69, 9.17) is 5.26 Å². The second-order valence-electron chi connectivity index (χ2n) is 3.72. The molecule has 0 saturated carbocycles. The lowest BCUT2D eigenvalue weighted by molar-refractivity contribution is -0.390. The standard InChI is InChI=1S/C10H6FN5O4S/c11-7-2-1-3-8(9(7)16(17)18)21(19,20)15-10-6(4-12)5-13-14-10/h1-3,5H,(H2,13,14,15). The summed E-state index contributed by atoms with van der Waals surface area (Å²) in [5.74, 6) is -1.55.